The van der Waals surface area contributed by atoms with Gasteiger partial charge in [0.15, 0.2) is 0 Å². The molecule has 4 bridgehead atoms. The van der Waals surface area contributed by atoms with Crippen molar-refractivity contribution in [1.82, 2.24) is 0 Å². The van der Waals surface area contributed by atoms with E-state index in [4.69, 9.17) is 9.47 Å². The number of rotatable bonds is 2. The molecule has 0 aromatic carbocycles. The summed E-state index contributed by atoms with van der Waals surface area (Å²) in [7, 11) is 0. The molecule has 0 spiro atoms. The maximum absolute atomic E-state index is 12.2. The maximum Gasteiger partial charge on any atom is 0.452 e. The Bertz CT molecular complexity index is 670. The van der Waals surface area contributed by atoms with Crippen LogP contribution in [0.3, 0.4) is 0 Å². The molecule has 0 aromatic heterocycles. The van der Waals surface area contributed by atoms with Crippen molar-refractivity contribution < 1.29 is 19.1 Å². The summed E-state index contributed by atoms with van der Waals surface area (Å²) < 4.78 is 11.2. The molecule has 4 aliphatic rings. The molecule has 2 amide bonds. The van der Waals surface area contributed by atoms with Crippen molar-refractivity contribution in [3.05, 3.63) is 0 Å². The van der Waals surface area contributed by atoms with Crippen molar-refractivity contribution >= 4 is 12.2 Å². The van der Waals surface area contributed by atoms with Crippen LogP contribution >= 0.6 is 0 Å². The standard InChI is InChI=1S/C22H34N2O4/c1-19(2)13-7-9-21(19,5)15(11-13)27-17(25)23-24-18(26)28-16-12-14-8-10-22(16,6)20(14,3)4/h13-16H,7-12H2,1-6H3/t13-,14+,15-,16-,21+,22+/m1/s1. The second-order valence-electron chi connectivity index (χ2n) is 11.2. The lowest BCUT2D eigenvalue weighted by atomic mass is 9.70. The third-order valence-electron chi connectivity index (χ3n) is 10.1. The maximum atomic E-state index is 12.2. The zero-order chi connectivity index (χ0) is 20.5. The van der Waals surface area contributed by atoms with Gasteiger partial charge in [-0.05, 0) is 61.2 Å². The number of carbonyl (C=O) groups excluding carboxylic acids is 2. The van der Waals surface area contributed by atoms with Gasteiger partial charge in [0.2, 0.25) is 0 Å². The number of carbonyl (C=O) groups is 2. The van der Waals surface area contributed by atoms with Crippen LogP contribution < -0.4 is 0 Å². The zero-order valence-corrected chi connectivity index (χ0v) is 18.1. The van der Waals surface area contributed by atoms with Crippen LogP contribution in [0.4, 0.5) is 9.59 Å². The molecule has 156 valence electrons. The summed E-state index contributed by atoms with van der Waals surface area (Å²) in [6, 6.07) is 0. The lowest BCUT2D eigenvalue weighted by Gasteiger charge is -2.38. The smallest absolute Gasteiger partial charge is 0.443 e. The fourth-order valence-electron chi connectivity index (χ4n) is 6.99. The SMILES string of the molecule is CC1(C)[C@@H]2CC[C@@]1(C)[C@H](OC(=O)N=NC(=O)O[C@@H]1C[C@@H]3CC[C@]1(C)C3(C)C)C2. The number of amides is 2. The molecule has 4 saturated carbocycles. The topological polar surface area (TPSA) is 77.3 Å². The first kappa shape index (κ1) is 19.8. The summed E-state index contributed by atoms with van der Waals surface area (Å²) in [5.41, 5.74) is 0.231. The van der Waals surface area contributed by atoms with Crippen molar-refractivity contribution in [2.45, 2.75) is 92.3 Å². The van der Waals surface area contributed by atoms with Crippen LogP contribution in [0.25, 0.3) is 0 Å². The predicted molar refractivity (Wildman–Crippen MR) is 104 cm³/mol. The molecular weight excluding hydrogens is 356 g/mol. The summed E-state index contributed by atoms with van der Waals surface area (Å²) in [5.74, 6) is 1.14. The summed E-state index contributed by atoms with van der Waals surface area (Å²) in [6.45, 7) is 13.4. The lowest BCUT2D eigenvalue weighted by Crippen LogP contribution is -2.38. The van der Waals surface area contributed by atoms with Crippen molar-refractivity contribution in [3.8, 4) is 0 Å². The van der Waals surface area contributed by atoms with Gasteiger partial charge in [-0.15, -0.1) is 0 Å². The van der Waals surface area contributed by atoms with Gasteiger partial charge >= 0.3 is 12.2 Å². The number of hydrogen-bond donors (Lipinski definition) is 0. The van der Waals surface area contributed by atoms with Crippen molar-refractivity contribution in [2.24, 2.45) is 43.7 Å². The van der Waals surface area contributed by atoms with Crippen LogP contribution in [-0.2, 0) is 9.47 Å². The number of ether oxygens (including phenoxy) is 2. The Morgan fingerprint density at radius 3 is 1.32 bits per heavy atom. The van der Waals surface area contributed by atoms with E-state index in [1.165, 1.54) is 12.8 Å². The van der Waals surface area contributed by atoms with Crippen molar-refractivity contribution in [2.75, 3.05) is 0 Å². The van der Waals surface area contributed by atoms with Gasteiger partial charge < -0.3 is 9.47 Å². The van der Waals surface area contributed by atoms with Crippen LogP contribution in [-0.4, -0.2) is 24.4 Å². The lowest BCUT2D eigenvalue weighted by molar-refractivity contribution is -0.00458. The summed E-state index contributed by atoms with van der Waals surface area (Å²) in [4.78, 5) is 24.3. The normalized spacial score (nSPS) is 44.9. The van der Waals surface area contributed by atoms with E-state index in [9.17, 15) is 9.59 Å². The van der Waals surface area contributed by atoms with E-state index in [-0.39, 0.29) is 33.9 Å². The van der Waals surface area contributed by atoms with E-state index >= 15 is 0 Å². The first-order chi connectivity index (χ1) is 12.9. The molecule has 4 fully saturated rings. The minimum atomic E-state index is -0.786. The van der Waals surface area contributed by atoms with Crippen LogP contribution in [0.5, 0.6) is 0 Å². The van der Waals surface area contributed by atoms with Crippen LogP contribution in [0, 0.1) is 33.5 Å². The van der Waals surface area contributed by atoms with Gasteiger partial charge in [-0.3, -0.25) is 0 Å². The zero-order valence-electron chi connectivity index (χ0n) is 18.1. The third kappa shape index (κ3) is 2.51. The number of azo groups is 1. The van der Waals surface area contributed by atoms with Gasteiger partial charge in [0.25, 0.3) is 0 Å². The average molecular weight is 391 g/mol. The summed E-state index contributed by atoms with van der Waals surface area (Å²) in [5, 5.41) is 7.01. The van der Waals surface area contributed by atoms with Gasteiger partial charge in [-0.1, -0.05) is 51.8 Å². The highest BCUT2D eigenvalue weighted by molar-refractivity contribution is 5.73. The Balaban J connectivity index is 1.33. The van der Waals surface area contributed by atoms with Gasteiger partial charge in [0.05, 0.1) is 0 Å². The average Bonchev–Trinajstić information content (AvgIpc) is 3.12. The fourth-order valence-corrected chi connectivity index (χ4v) is 6.99. The molecule has 6 nitrogen and oxygen atoms in total. The van der Waals surface area contributed by atoms with Gasteiger partial charge in [0, 0.05) is 10.8 Å². The van der Waals surface area contributed by atoms with Gasteiger partial charge in [-0.25, -0.2) is 9.59 Å². The number of nitrogens with zero attached hydrogens (tertiary/aromatic N) is 2. The number of hydrogen-bond acceptors (Lipinski definition) is 4. The monoisotopic (exact) mass is 390 g/mol. The molecule has 0 heterocycles. The predicted octanol–water partition coefficient (Wildman–Crippen LogP) is 6.14. The van der Waals surface area contributed by atoms with E-state index in [1.807, 2.05) is 0 Å². The Morgan fingerprint density at radius 1 is 0.714 bits per heavy atom. The first-order valence-electron chi connectivity index (χ1n) is 10.7. The van der Waals surface area contributed by atoms with Gasteiger partial charge in [-0.2, -0.15) is 0 Å². The van der Waals surface area contributed by atoms with Crippen LogP contribution in [0.2, 0.25) is 0 Å². The molecule has 4 rings (SSSR count). The molecule has 0 saturated heterocycles. The van der Waals surface area contributed by atoms with Crippen molar-refractivity contribution in [3.63, 3.8) is 0 Å². The largest absolute Gasteiger partial charge is 0.452 e. The Hall–Kier alpha value is -1.46. The molecule has 28 heavy (non-hydrogen) atoms. The van der Waals surface area contributed by atoms with E-state index in [2.05, 4.69) is 51.8 Å². The van der Waals surface area contributed by atoms with E-state index in [1.54, 1.807) is 0 Å². The van der Waals surface area contributed by atoms with E-state index in [0.29, 0.717) is 11.8 Å². The molecule has 0 radical (unpaired) electrons. The second-order valence-corrected chi connectivity index (χ2v) is 11.2. The number of fused-ring (bicyclic) bond motifs is 4. The second kappa shape index (κ2) is 6.02. The molecule has 0 aliphatic heterocycles. The first-order valence-corrected chi connectivity index (χ1v) is 10.7. The highest BCUT2D eigenvalue weighted by Gasteiger charge is 2.64. The molecule has 0 aromatic rings. The van der Waals surface area contributed by atoms with E-state index in [0.717, 1.165) is 25.7 Å². The molecule has 6 heteroatoms. The van der Waals surface area contributed by atoms with E-state index < -0.39 is 12.2 Å². The minimum absolute atomic E-state index is 0.0351. The Labute approximate surface area is 167 Å². The highest BCUT2D eigenvalue weighted by atomic mass is 16.6. The van der Waals surface area contributed by atoms with Crippen LogP contribution in [0.1, 0.15) is 80.1 Å². The molecule has 4 aliphatic carbocycles. The highest BCUT2D eigenvalue weighted by Crippen LogP contribution is 2.67. The molecule has 0 unspecified atom stereocenters. The van der Waals surface area contributed by atoms with Crippen LogP contribution in [0.15, 0.2) is 10.2 Å². The molecular formula is C22H34N2O4. The summed E-state index contributed by atoms with van der Waals surface area (Å²) in [6.07, 6.45) is 4.32. The minimum Gasteiger partial charge on any atom is -0.443 e. The van der Waals surface area contributed by atoms with Crippen molar-refractivity contribution in [1.29, 1.82) is 0 Å². The molecule has 6 atom stereocenters. The molecule has 0 N–H and O–H groups in total. The Morgan fingerprint density at radius 2 is 1.07 bits per heavy atom. The summed E-state index contributed by atoms with van der Waals surface area (Å²) >= 11 is 0. The van der Waals surface area contributed by atoms with Gasteiger partial charge in [0.1, 0.15) is 12.2 Å². The quantitative estimate of drug-likeness (QED) is 0.530. The Kier molecular flexibility index (Phi) is 4.27. The fraction of sp³-hybridized carbons (Fsp3) is 0.909. The third-order valence-corrected chi connectivity index (χ3v) is 10.1.